The summed E-state index contributed by atoms with van der Waals surface area (Å²) >= 11 is 1.52. The number of primary amides is 1. The van der Waals surface area contributed by atoms with Gasteiger partial charge in [0.05, 0.1) is 28.0 Å². The lowest BCUT2D eigenvalue weighted by molar-refractivity contribution is -0.117. The van der Waals surface area contributed by atoms with Gasteiger partial charge in [0, 0.05) is 6.07 Å². The number of benzene rings is 1. The summed E-state index contributed by atoms with van der Waals surface area (Å²) < 4.78 is 6.21. The van der Waals surface area contributed by atoms with Crippen LogP contribution in [0.2, 0.25) is 0 Å². The van der Waals surface area contributed by atoms with E-state index in [1.54, 1.807) is 19.1 Å². The molecule has 8 heteroatoms. The number of thiazole rings is 1. The third-order valence-corrected chi connectivity index (χ3v) is 3.76. The fourth-order valence-corrected chi connectivity index (χ4v) is 2.70. The summed E-state index contributed by atoms with van der Waals surface area (Å²) in [5.74, 6) is 0.125. The molecule has 0 bridgehead atoms. The number of nitrogens with one attached hydrogen (secondary N) is 2. The van der Waals surface area contributed by atoms with Crippen LogP contribution in [0.5, 0.6) is 5.75 Å². The highest BCUT2D eigenvalue weighted by molar-refractivity contribution is 7.18. The van der Waals surface area contributed by atoms with Gasteiger partial charge < -0.3 is 21.1 Å². The van der Waals surface area contributed by atoms with Crippen LogP contribution in [0.3, 0.4) is 0 Å². The van der Waals surface area contributed by atoms with Crippen molar-refractivity contribution in [2.75, 3.05) is 12.4 Å². The van der Waals surface area contributed by atoms with Crippen LogP contribution < -0.4 is 21.1 Å². The highest BCUT2D eigenvalue weighted by Gasteiger charge is 2.17. The third-order valence-electron chi connectivity index (χ3n) is 2.83. The van der Waals surface area contributed by atoms with E-state index in [1.807, 2.05) is 6.92 Å². The second-order valence-electron chi connectivity index (χ2n) is 4.47. The highest BCUT2D eigenvalue weighted by Crippen LogP contribution is 2.33. The average Bonchev–Trinajstić information content (AvgIpc) is 2.75. The molecule has 0 spiro atoms. The zero-order valence-corrected chi connectivity index (χ0v) is 12.7. The molecule has 2 rings (SSSR count). The Kier molecular flexibility index (Phi) is 4.27. The Morgan fingerprint density at radius 3 is 2.76 bits per heavy atom. The molecule has 2 aromatic rings. The summed E-state index contributed by atoms with van der Waals surface area (Å²) in [5, 5.41) is 5.96. The molecule has 0 saturated carbocycles. The first-order valence-electron chi connectivity index (χ1n) is 6.22. The van der Waals surface area contributed by atoms with E-state index in [0.717, 1.165) is 15.2 Å². The number of urea groups is 1. The molecule has 112 valence electrons. The van der Waals surface area contributed by atoms with Gasteiger partial charge >= 0.3 is 6.03 Å². The first-order valence-corrected chi connectivity index (χ1v) is 7.04. The first kappa shape index (κ1) is 15.0. The van der Waals surface area contributed by atoms with Gasteiger partial charge in [-0.25, -0.2) is 9.78 Å². The van der Waals surface area contributed by atoms with Crippen molar-refractivity contribution in [3.63, 3.8) is 0 Å². The summed E-state index contributed by atoms with van der Waals surface area (Å²) in [4.78, 5) is 27.1. The van der Waals surface area contributed by atoms with E-state index in [2.05, 4.69) is 15.6 Å². The number of rotatable bonds is 4. The number of carbonyl (C=O) groups is 2. The van der Waals surface area contributed by atoms with Gasteiger partial charge in [0.25, 0.3) is 0 Å². The zero-order chi connectivity index (χ0) is 15.6. The third kappa shape index (κ3) is 3.40. The molecule has 1 aromatic heterocycles. The number of nitrogens with two attached hydrogens (primary N) is 1. The van der Waals surface area contributed by atoms with Gasteiger partial charge in [0.15, 0.2) is 0 Å². The number of anilines is 1. The lowest BCUT2D eigenvalue weighted by atomic mass is 10.2. The van der Waals surface area contributed by atoms with Gasteiger partial charge in [-0.15, -0.1) is 11.3 Å². The van der Waals surface area contributed by atoms with Gasteiger partial charge in [-0.05, 0) is 19.9 Å². The summed E-state index contributed by atoms with van der Waals surface area (Å²) in [5.41, 5.74) is 6.34. The summed E-state index contributed by atoms with van der Waals surface area (Å²) in [6, 6.07) is 2.07. The Bertz CT molecular complexity index is 698. The predicted molar refractivity (Wildman–Crippen MR) is 81.7 cm³/mol. The summed E-state index contributed by atoms with van der Waals surface area (Å²) in [6.45, 7) is 3.45. The second kappa shape index (κ2) is 5.96. The number of carbonyl (C=O) groups excluding carboxylic acids is 2. The number of nitrogens with zero attached hydrogens (tertiary/aromatic N) is 1. The molecule has 0 aliphatic carbocycles. The number of fused-ring (bicyclic) bond motifs is 1. The van der Waals surface area contributed by atoms with Gasteiger partial charge in [-0.2, -0.15) is 0 Å². The van der Waals surface area contributed by atoms with Crippen LogP contribution >= 0.6 is 11.3 Å². The number of ether oxygens (including phenoxy) is 1. The fourth-order valence-electron chi connectivity index (χ4n) is 1.86. The molecule has 0 saturated heterocycles. The molecule has 0 aliphatic rings. The quantitative estimate of drug-likeness (QED) is 0.797. The van der Waals surface area contributed by atoms with Crippen molar-refractivity contribution >= 4 is 39.2 Å². The van der Waals surface area contributed by atoms with Crippen molar-refractivity contribution in [3.05, 3.63) is 17.1 Å². The first-order chi connectivity index (χ1) is 9.90. The highest BCUT2D eigenvalue weighted by atomic mass is 32.1. The van der Waals surface area contributed by atoms with E-state index in [4.69, 9.17) is 10.5 Å². The molecule has 1 heterocycles. The standard InChI is InChI=1S/C13H16N4O3S/c1-6(15-13(14)19)12(18)17-8-5-11-9(4-10(8)20-3)16-7(2)21-11/h4-6H,1-3H3,(H,17,18)(H3,14,15,19)/t6-/m0/s1. The SMILES string of the molecule is COc1cc2nc(C)sc2cc1NC(=O)[C@H](C)NC(N)=O. The Labute approximate surface area is 125 Å². The van der Waals surface area contributed by atoms with Crippen LogP contribution in [-0.4, -0.2) is 30.1 Å². The number of amides is 3. The van der Waals surface area contributed by atoms with E-state index in [9.17, 15) is 9.59 Å². The Morgan fingerprint density at radius 2 is 2.14 bits per heavy atom. The zero-order valence-electron chi connectivity index (χ0n) is 11.9. The van der Waals surface area contributed by atoms with Gasteiger partial charge in [0.2, 0.25) is 5.91 Å². The topological polar surface area (TPSA) is 106 Å². The number of aromatic nitrogens is 1. The molecule has 21 heavy (non-hydrogen) atoms. The van der Waals surface area contributed by atoms with Crippen LogP contribution in [-0.2, 0) is 4.79 Å². The maximum atomic E-state index is 12.0. The molecule has 3 amide bonds. The lowest BCUT2D eigenvalue weighted by Crippen LogP contribution is -2.44. The molecule has 0 fully saturated rings. The van der Waals surface area contributed by atoms with Crippen LogP contribution in [0.15, 0.2) is 12.1 Å². The molecule has 0 aliphatic heterocycles. The summed E-state index contributed by atoms with van der Waals surface area (Å²) in [7, 11) is 1.52. The molecule has 1 aromatic carbocycles. The predicted octanol–water partition coefficient (Wildman–Crippen LogP) is 1.61. The van der Waals surface area contributed by atoms with E-state index in [1.165, 1.54) is 18.4 Å². The van der Waals surface area contributed by atoms with Gasteiger partial charge in [-0.1, -0.05) is 0 Å². The van der Waals surface area contributed by atoms with Crippen molar-refractivity contribution in [3.8, 4) is 5.75 Å². The van der Waals surface area contributed by atoms with E-state index in [0.29, 0.717) is 11.4 Å². The minimum absolute atomic E-state index is 0.382. The average molecular weight is 308 g/mol. The van der Waals surface area contributed by atoms with Gasteiger partial charge in [-0.3, -0.25) is 4.79 Å². The fraction of sp³-hybridized carbons (Fsp3) is 0.308. The maximum absolute atomic E-state index is 12.0. The molecule has 0 radical (unpaired) electrons. The van der Waals surface area contributed by atoms with Crippen molar-refractivity contribution in [2.45, 2.75) is 19.9 Å². The minimum Gasteiger partial charge on any atom is -0.494 e. The Hall–Kier alpha value is -2.35. The van der Waals surface area contributed by atoms with Crippen LogP contribution in [0, 0.1) is 6.92 Å². The molecule has 4 N–H and O–H groups in total. The molecule has 1 atom stereocenters. The molecular weight excluding hydrogens is 292 g/mol. The molecule has 0 unspecified atom stereocenters. The normalized spacial score (nSPS) is 12.0. The number of aryl methyl sites for hydroxylation is 1. The van der Waals surface area contributed by atoms with E-state index in [-0.39, 0.29) is 5.91 Å². The van der Waals surface area contributed by atoms with Crippen LogP contribution in [0.25, 0.3) is 10.2 Å². The number of methoxy groups -OCH3 is 1. The molecular formula is C13H16N4O3S. The summed E-state index contributed by atoms with van der Waals surface area (Å²) in [6.07, 6.45) is 0. The van der Waals surface area contributed by atoms with Crippen LogP contribution in [0.1, 0.15) is 11.9 Å². The number of hydrogen-bond acceptors (Lipinski definition) is 5. The smallest absolute Gasteiger partial charge is 0.312 e. The van der Waals surface area contributed by atoms with E-state index < -0.39 is 12.1 Å². The van der Waals surface area contributed by atoms with E-state index >= 15 is 0 Å². The lowest BCUT2D eigenvalue weighted by Gasteiger charge is -2.14. The van der Waals surface area contributed by atoms with Crippen molar-refractivity contribution < 1.29 is 14.3 Å². The van der Waals surface area contributed by atoms with Crippen molar-refractivity contribution in [1.29, 1.82) is 0 Å². The molecule has 7 nitrogen and oxygen atoms in total. The van der Waals surface area contributed by atoms with Gasteiger partial charge in [0.1, 0.15) is 11.8 Å². The van der Waals surface area contributed by atoms with Crippen LogP contribution in [0.4, 0.5) is 10.5 Å². The minimum atomic E-state index is -0.752. The monoisotopic (exact) mass is 308 g/mol. The number of hydrogen-bond donors (Lipinski definition) is 3. The Morgan fingerprint density at radius 1 is 1.43 bits per heavy atom. The maximum Gasteiger partial charge on any atom is 0.312 e. The second-order valence-corrected chi connectivity index (χ2v) is 5.71. The van der Waals surface area contributed by atoms with Crippen molar-refractivity contribution in [2.24, 2.45) is 5.73 Å². The largest absolute Gasteiger partial charge is 0.494 e. The van der Waals surface area contributed by atoms with Crippen molar-refractivity contribution in [1.82, 2.24) is 10.3 Å². The Balaban J connectivity index is 2.27.